The van der Waals surface area contributed by atoms with Crippen molar-refractivity contribution in [3.8, 4) is 11.1 Å². The van der Waals surface area contributed by atoms with Crippen LogP contribution in [0.25, 0.3) is 11.1 Å². The summed E-state index contributed by atoms with van der Waals surface area (Å²) in [4.78, 5) is 9.44. The number of sulfone groups is 1. The summed E-state index contributed by atoms with van der Waals surface area (Å²) in [5.41, 5.74) is 6.86. The Balaban J connectivity index is -0.000000151. The van der Waals surface area contributed by atoms with Crippen molar-refractivity contribution in [2.75, 3.05) is 26.7 Å². The summed E-state index contributed by atoms with van der Waals surface area (Å²) < 4.78 is 23.5. The van der Waals surface area contributed by atoms with Crippen molar-refractivity contribution in [1.82, 2.24) is 0 Å². The van der Waals surface area contributed by atoms with Crippen molar-refractivity contribution in [3.63, 3.8) is 0 Å². The van der Waals surface area contributed by atoms with Crippen molar-refractivity contribution in [3.05, 3.63) is 59.7 Å². The topological polar surface area (TPSA) is 60.4 Å². The first kappa shape index (κ1) is 52.8. The molecule has 2 aromatic rings. The Hall–Kier alpha value is -1.76. The Kier molecular flexibility index (Phi) is 29.7. The van der Waals surface area contributed by atoms with E-state index in [0.29, 0.717) is 10.8 Å². The molecule has 6 heteroatoms. The molecule has 3 rings (SSSR count). The third-order valence-electron chi connectivity index (χ3n) is 3.49. The van der Waals surface area contributed by atoms with Crippen LogP contribution >= 0.6 is 0 Å². The van der Waals surface area contributed by atoms with Crippen molar-refractivity contribution in [2.45, 2.75) is 135 Å². The molecule has 266 valence electrons. The van der Waals surface area contributed by atoms with E-state index in [2.05, 4.69) is 163 Å². The molecule has 0 atom stereocenters. The molecule has 0 saturated carbocycles. The molecule has 0 aliphatic heterocycles. The summed E-state index contributed by atoms with van der Waals surface area (Å²) >= 11 is 0. The SMILES string of the molecule is CC(C)(C)C.CC(C)(C)C.CC(C)=O.CC1(C)c2ccccc2-c2ccccc21.CCC.COC.CS(C)(=O)=O.C[Si](C)(C)C. The van der Waals surface area contributed by atoms with Gasteiger partial charge in [-0.05, 0) is 46.9 Å². The zero-order chi connectivity index (χ0) is 37.5. The van der Waals surface area contributed by atoms with Gasteiger partial charge in [0, 0.05) is 40.2 Å². The van der Waals surface area contributed by atoms with Crippen LogP contribution in [0.2, 0.25) is 26.2 Å². The van der Waals surface area contributed by atoms with E-state index in [9.17, 15) is 13.2 Å². The van der Waals surface area contributed by atoms with Gasteiger partial charge in [-0.1, -0.05) is 164 Å². The van der Waals surface area contributed by atoms with Crippen LogP contribution in [-0.2, 0) is 24.8 Å². The van der Waals surface area contributed by atoms with Gasteiger partial charge < -0.3 is 9.53 Å². The van der Waals surface area contributed by atoms with Gasteiger partial charge in [0.25, 0.3) is 0 Å². The third-order valence-corrected chi connectivity index (χ3v) is 3.49. The van der Waals surface area contributed by atoms with E-state index in [4.69, 9.17) is 0 Å². The lowest BCUT2D eigenvalue weighted by Gasteiger charge is -2.20. The lowest BCUT2D eigenvalue weighted by atomic mass is 9.82. The Morgan fingerprint density at radius 1 is 0.689 bits per heavy atom. The summed E-state index contributed by atoms with van der Waals surface area (Å²) in [7, 11) is -0.0278. The van der Waals surface area contributed by atoms with E-state index in [0.717, 1.165) is 12.5 Å². The van der Waals surface area contributed by atoms with Crippen LogP contribution < -0.4 is 0 Å². The Morgan fingerprint density at radius 2 is 0.822 bits per heavy atom. The third kappa shape index (κ3) is 52.1. The number of benzene rings is 2. The molecule has 4 nitrogen and oxygen atoms in total. The van der Waals surface area contributed by atoms with E-state index in [1.54, 1.807) is 14.2 Å². The first-order valence-corrected chi connectivity index (χ1v) is 22.3. The number of Topliss-reactive ketones (excluding diaryl/α,β-unsaturated/α-hetero) is 1. The van der Waals surface area contributed by atoms with Gasteiger partial charge in [0.05, 0.1) is 0 Å². The van der Waals surface area contributed by atoms with E-state index < -0.39 is 17.9 Å². The molecule has 1 aliphatic rings. The highest BCUT2D eigenvalue weighted by atomic mass is 32.2. The Bertz CT molecular complexity index is 1010. The molecule has 0 N–H and O–H groups in total. The number of hydrogen-bond donors (Lipinski definition) is 0. The smallest absolute Gasteiger partial charge is 0.144 e. The average molecular weight is 669 g/mol. The number of carbonyl (C=O) groups excluding carboxylic acids is 1. The van der Waals surface area contributed by atoms with Crippen LogP contribution in [0.5, 0.6) is 0 Å². The predicted octanol–water partition coefficient (Wildman–Crippen LogP) is 12.0. The maximum Gasteiger partial charge on any atom is 0.144 e. The van der Waals surface area contributed by atoms with Gasteiger partial charge in [0.1, 0.15) is 15.6 Å². The second-order valence-electron chi connectivity index (χ2n) is 16.9. The van der Waals surface area contributed by atoms with Crippen LogP contribution in [0.1, 0.15) is 114 Å². The van der Waals surface area contributed by atoms with E-state index >= 15 is 0 Å². The molecular formula is C39H76O4SSi. The van der Waals surface area contributed by atoms with E-state index in [-0.39, 0.29) is 11.2 Å². The van der Waals surface area contributed by atoms with Gasteiger partial charge in [0.2, 0.25) is 0 Å². The summed E-state index contributed by atoms with van der Waals surface area (Å²) in [6.07, 6.45) is 3.57. The first-order valence-electron chi connectivity index (χ1n) is 16.0. The van der Waals surface area contributed by atoms with Gasteiger partial charge in [-0.2, -0.15) is 0 Å². The van der Waals surface area contributed by atoms with Gasteiger partial charge in [-0.3, -0.25) is 0 Å². The number of fused-ring (bicyclic) bond motifs is 3. The number of ketones is 1. The molecule has 45 heavy (non-hydrogen) atoms. The maximum absolute atomic E-state index is 9.63. The summed E-state index contributed by atoms with van der Waals surface area (Å²) in [5.74, 6) is 0.167. The monoisotopic (exact) mass is 669 g/mol. The zero-order valence-corrected chi connectivity index (χ0v) is 35.7. The molecule has 0 heterocycles. The molecule has 0 fully saturated rings. The summed E-state index contributed by atoms with van der Waals surface area (Å²) in [6.45, 7) is 38.7. The standard InChI is InChI=1S/C15H14.2C5H12.C4H12Si.C3H6O.C3H8.C2H6O2S.C2H6O/c1-15(2)13-9-5-3-7-11(13)12-8-4-6-10-14(12)15;3*1-5(2,3)4;1-3(2)4;1-3-2;1-5(2,3)4;1-3-2/h3-10H,1-2H3;3*1-4H3;1-2H3;3H2,1-2H3;1-2H3;1-2H3. The highest BCUT2D eigenvalue weighted by Gasteiger charge is 2.34. The fourth-order valence-electron chi connectivity index (χ4n) is 2.67. The number of rotatable bonds is 0. The maximum atomic E-state index is 9.63. The molecule has 0 amide bonds. The number of hydrogen-bond acceptors (Lipinski definition) is 4. The second-order valence-corrected chi connectivity index (χ2v) is 25.2. The lowest BCUT2D eigenvalue weighted by molar-refractivity contribution is -0.115. The van der Waals surface area contributed by atoms with Gasteiger partial charge in [0.15, 0.2) is 0 Å². The van der Waals surface area contributed by atoms with Crippen molar-refractivity contribution < 1.29 is 17.9 Å². The molecule has 0 unspecified atom stereocenters. The lowest BCUT2D eigenvalue weighted by Crippen LogP contribution is -2.14. The zero-order valence-electron chi connectivity index (χ0n) is 33.9. The fourth-order valence-corrected chi connectivity index (χ4v) is 2.67. The van der Waals surface area contributed by atoms with Crippen LogP contribution in [0.15, 0.2) is 48.5 Å². The minimum Gasteiger partial charge on any atom is -0.388 e. The minimum absolute atomic E-state index is 0.160. The molecule has 0 spiro atoms. The van der Waals surface area contributed by atoms with E-state index in [1.165, 1.54) is 42.5 Å². The first-order chi connectivity index (χ1) is 19.8. The van der Waals surface area contributed by atoms with Gasteiger partial charge in [-0.15, -0.1) is 0 Å². The molecule has 0 aromatic heterocycles. The largest absolute Gasteiger partial charge is 0.388 e. The van der Waals surface area contributed by atoms with E-state index in [1.807, 2.05) is 0 Å². The predicted molar refractivity (Wildman–Crippen MR) is 209 cm³/mol. The number of carbonyl (C=O) groups is 1. The highest BCUT2D eigenvalue weighted by Crippen LogP contribution is 2.47. The van der Waals surface area contributed by atoms with Crippen LogP contribution in [-0.4, -0.2) is 49.0 Å². The molecule has 0 bridgehead atoms. The molecule has 2 aromatic carbocycles. The molecule has 0 radical (unpaired) electrons. The molecular weight excluding hydrogens is 593 g/mol. The molecule has 0 saturated heterocycles. The van der Waals surface area contributed by atoms with Crippen molar-refractivity contribution in [1.29, 1.82) is 0 Å². The highest BCUT2D eigenvalue weighted by molar-refractivity contribution is 7.89. The quantitative estimate of drug-likeness (QED) is 0.262. The summed E-state index contributed by atoms with van der Waals surface area (Å²) in [5, 5.41) is 0. The van der Waals surface area contributed by atoms with Gasteiger partial charge in [-0.25, -0.2) is 8.42 Å². The molecule has 1 aliphatic carbocycles. The Labute approximate surface area is 284 Å². The van der Waals surface area contributed by atoms with Crippen molar-refractivity contribution in [2.24, 2.45) is 10.8 Å². The number of methoxy groups -OCH3 is 1. The summed E-state index contributed by atoms with van der Waals surface area (Å²) in [6, 6.07) is 17.4. The minimum atomic E-state index is -2.67. The van der Waals surface area contributed by atoms with Crippen molar-refractivity contribution >= 4 is 23.7 Å². The van der Waals surface area contributed by atoms with Crippen LogP contribution in [0.4, 0.5) is 0 Å². The average Bonchev–Trinajstić information content (AvgIpc) is 2.98. The fraction of sp³-hybridized carbons (Fsp3) is 0.667. The van der Waals surface area contributed by atoms with Gasteiger partial charge >= 0.3 is 0 Å². The van der Waals surface area contributed by atoms with Crippen LogP contribution in [0, 0.1) is 10.8 Å². The Morgan fingerprint density at radius 3 is 0.978 bits per heavy atom. The second kappa shape index (κ2) is 25.3. The number of ether oxygens (including phenoxy) is 1. The van der Waals surface area contributed by atoms with Crippen LogP contribution in [0.3, 0.4) is 0 Å². The normalized spacial score (nSPS) is 12.0.